The molecule has 4 nitrogen and oxygen atoms in total. The van der Waals surface area contributed by atoms with E-state index >= 15 is 0 Å². The predicted molar refractivity (Wildman–Crippen MR) is 122 cm³/mol. The summed E-state index contributed by atoms with van der Waals surface area (Å²) in [6, 6.07) is 8.36. The molecule has 0 radical (unpaired) electrons. The molecule has 1 amide bonds. The molecule has 1 N–H and O–H groups in total. The van der Waals surface area contributed by atoms with E-state index in [1.807, 2.05) is 18.2 Å². The Morgan fingerprint density at radius 3 is 2.32 bits per heavy atom. The number of amides is 1. The Bertz CT molecular complexity index is 602. The highest BCUT2D eigenvalue weighted by Crippen LogP contribution is 2.29. The van der Waals surface area contributed by atoms with Gasteiger partial charge in [-0.15, -0.1) is 24.8 Å². The third-order valence-corrected chi connectivity index (χ3v) is 6.60. The molecule has 1 aromatic rings. The van der Waals surface area contributed by atoms with Crippen LogP contribution in [0.25, 0.3) is 0 Å². The van der Waals surface area contributed by atoms with Crippen LogP contribution in [0.15, 0.2) is 24.3 Å². The van der Waals surface area contributed by atoms with Crippen LogP contribution in [-0.2, 0) is 4.79 Å². The van der Waals surface area contributed by atoms with Crippen LogP contribution < -0.4 is 5.32 Å². The summed E-state index contributed by atoms with van der Waals surface area (Å²) in [6.07, 6.45) is 3.11. The molecule has 2 aliphatic rings. The lowest BCUT2D eigenvalue weighted by atomic mass is 9.84. The van der Waals surface area contributed by atoms with Crippen LogP contribution in [0.2, 0.25) is 5.02 Å². The third kappa shape index (κ3) is 6.50. The van der Waals surface area contributed by atoms with Gasteiger partial charge in [-0.3, -0.25) is 9.69 Å². The smallest absolute Gasteiger partial charge is 0.222 e. The van der Waals surface area contributed by atoms with Crippen molar-refractivity contribution in [2.24, 2.45) is 11.8 Å². The molecule has 2 heterocycles. The van der Waals surface area contributed by atoms with Crippen LogP contribution in [0.3, 0.4) is 0 Å². The predicted octanol–water partition coefficient (Wildman–Crippen LogP) is 4.41. The molecule has 1 aromatic carbocycles. The minimum absolute atomic E-state index is 0. The van der Waals surface area contributed by atoms with E-state index in [4.69, 9.17) is 11.6 Å². The number of benzene rings is 1. The summed E-state index contributed by atoms with van der Waals surface area (Å²) in [5.74, 6) is 1.52. The molecule has 0 saturated carbocycles. The Labute approximate surface area is 187 Å². The molecule has 2 atom stereocenters. The van der Waals surface area contributed by atoms with E-state index in [9.17, 15) is 4.79 Å². The molecule has 0 spiro atoms. The molecule has 7 heteroatoms. The van der Waals surface area contributed by atoms with Gasteiger partial charge in [0, 0.05) is 43.7 Å². The third-order valence-electron chi connectivity index (χ3n) is 6.26. The second-order valence-corrected chi connectivity index (χ2v) is 8.29. The molecule has 160 valence electrons. The van der Waals surface area contributed by atoms with Crippen molar-refractivity contribution in [3.05, 3.63) is 34.9 Å². The Balaban J connectivity index is 0.00000196. The van der Waals surface area contributed by atoms with Crippen LogP contribution in [0, 0.1) is 11.8 Å². The van der Waals surface area contributed by atoms with Gasteiger partial charge in [0.05, 0.1) is 0 Å². The molecule has 3 rings (SSSR count). The van der Waals surface area contributed by atoms with Gasteiger partial charge in [-0.2, -0.15) is 0 Å². The van der Waals surface area contributed by atoms with E-state index in [0.717, 1.165) is 44.3 Å². The summed E-state index contributed by atoms with van der Waals surface area (Å²) in [6.45, 7) is 10.1. The molecule has 2 aliphatic heterocycles. The van der Waals surface area contributed by atoms with Crippen LogP contribution in [0.4, 0.5) is 0 Å². The lowest BCUT2D eigenvalue weighted by Gasteiger charge is -2.39. The van der Waals surface area contributed by atoms with Gasteiger partial charge >= 0.3 is 0 Å². The van der Waals surface area contributed by atoms with Gasteiger partial charge in [0.25, 0.3) is 0 Å². The monoisotopic (exact) mass is 449 g/mol. The molecule has 2 fully saturated rings. The second-order valence-electron chi connectivity index (χ2n) is 7.88. The van der Waals surface area contributed by atoms with Crippen molar-refractivity contribution < 1.29 is 4.79 Å². The van der Waals surface area contributed by atoms with Crippen LogP contribution >= 0.6 is 36.4 Å². The molecular formula is C21H34Cl3N3O. The van der Waals surface area contributed by atoms with Gasteiger partial charge in [-0.05, 0) is 56.3 Å². The van der Waals surface area contributed by atoms with Crippen molar-refractivity contribution >= 4 is 42.3 Å². The molecule has 0 bridgehead atoms. The second kappa shape index (κ2) is 12.2. The molecular weight excluding hydrogens is 417 g/mol. The Hall–Kier alpha value is -0.520. The number of nitrogens with zero attached hydrogens (tertiary/aromatic N) is 2. The number of hydrogen-bond acceptors (Lipinski definition) is 3. The largest absolute Gasteiger partial charge is 0.340 e. The van der Waals surface area contributed by atoms with E-state index < -0.39 is 0 Å². The van der Waals surface area contributed by atoms with E-state index in [-0.39, 0.29) is 30.9 Å². The highest BCUT2D eigenvalue weighted by molar-refractivity contribution is 6.31. The van der Waals surface area contributed by atoms with E-state index in [0.29, 0.717) is 24.2 Å². The standard InChI is InChI=1S/C21H32ClN3O.2ClH/c1-16(18-7-9-23-10-8-18)15-21(26)25-13-11-24(12-14-25)17(2)19-5-3-4-6-20(19)22;;/h3-6,16-18,23H,7-15H2,1-2H3;2*1H. The van der Waals surface area contributed by atoms with Crippen molar-refractivity contribution in [1.29, 1.82) is 0 Å². The zero-order chi connectivity index (χ0) is 18.5. The maximum absolute atomic E-state index is 12.7. The first-order valence-corrected chi connectivity index (χ1v) is 10.4. The fourth-order valence-electron chi connectivity index (χ4n) is 4.35. The Morgan fingerprint density at radius 1 is 1.11 bits per heavy atom. The van der Waals surface area contributed by atoms with Gasteiger partial charge in [0.2, 0.25) is 5.91 Å². The quantitative estimate of drug-likeness (QED) is 0.721. The van der Waals surface area contributed by atoms with Crippen LogP contribution in [-0.4, -0.2) is 55.0 Å². The number of nitrogens with one attached hydrogen (secondary N) is 1. The average Bonchev–Trinajstić information content (AvgIpc) is 2.68. The fraction of sp³-hybridized carbons (Fsp3) is 0.667. The number of halogens is 3. The van der Waals surface area contributed by atoms with Crippen LogP contribution in [0.5, 0.6) is 0 Å². The number of rotatable bonds is 5. The van der Waals surface area contributed by atoms with E-state index in [1.54, 1.807) is 0 Å². The van der Waals surface area contributed by atoms with Crippen molar-refractivity contribution in [2.45, 2.75) is 39.2 Å². The Morgan fingerprint density at radius 2 is 1.71 bits per heavy atom. The molecule has 2 saturated heterocycles. The maximum atomic E-state index is 12.7. The van der Waals surface area contributed by atoms with Gasteiger partial charge in [0.1, 0.15) is 0 Å². The van der Waals surface area contributed by atoms with Crippen molar-refractivity contribution in [1.82, 2.24) is 15.1 Å². The minimum atomic E-state index is 0. The number of piperazine rings is 1. The summed E-state index contributed by atoms with van der Waals surface area (Å²) in [7, 11) is 0. The first kappa shape index (κ1) is 25.5. The topological polar surface area (TPSA) is 35.6 Å². The highest BCUT2D eigenvalue weighted by Gasteiger charge is 2.28. The summed E-state index contributed by atoms with van der Waals surface area (Å²) < 4.78 is 0. The van der Waals surface area contributed by atoms with Crippen molar-refractivity contribution in [3.63, 3.8) is 0 Å². The van der Waals surface area contributed by atoms with Gasteiger partial charge in [-0.25, -0.2) is 0 Å². The average molecular weight is 451 g/mol. The number of piperidine rings is 1. The number of carbonyl (C=O) groups is 1. The van der Waals surface area contributed by atoms with E-state index in [1.165, 1.54) is 18.4 Å². The summed E-state index contributed by atoms with van der Waals surface area (Å²) in [5, 5.41) is 4.24. The highest BCUT2D eigenvalue weighted by atomic mass is 35.5. The summed E-state index contributed by atoms with van der Waals surface area (Å²) >= 11 is 6.35. The van der Waals surface area contributed by atoms with Gasteiger partial charge in [-0.1, -0.05) is 36.7 Å². The zero-order valence-electron chi connectivity index (χ0n) is 16.9. The number of hydrogen-bond donors (Lipinski definition) is 1. The van der Waals surface area contributed by atoms with Gasteiger partial charge in [0.15, 0.2) is 0 Å². The molecule has 0 aromatic heterocycles. The van der Waals surface area contributed by atoms with Crippen molar-refractivity contribution in [2.75, 3.05) is 39.3 Å². The first-order valence-electron chi connectivity index (χ1n) is 10.0. The normalized spacial score (nSPS) is 20.6. The fourth-order valence-corrected chi connectivity index (χ4v) is 4.65. The van der Waals surface area contributed by atoms with Gasteiger partial charge < -0.3 is 10.2 Å². The van der Waals surface area contributed by atoms with Crippen LogP contribution in [0.1, 0.15) is 44.7 Å². The maximum Gasteiger partial charge on any atom is 0.222 e. The molecule has 2 unspecified atom stereocenters. The van der Waals surface area contributed by atoms with E-state index in [2.05, 4.69) is 35.0 Å². The lowest BCUT2D eigenvalue weighted by Crippen LogP contribution is -2.49. The summed E-state index contributed by atoms with van der Waals surface area (Å²) in [4.78, 5) is 17.2. The minimum Gasteiger partial charge on any atom is -0.340 e. The lowest BCUT2D eigenvalue weighted by molar-refractivity contribution is -0.134. The SMILES string of the molecule is CC(CC(=O)N1CCN(C(C)c2ccccc2Cl)CC1)C1CCNCC1.Cl.Cl. The molecule has 0 aliphatic carbocycles. The first-order chi connectivity index (χ1) is 12.6. The zero-order valence-corrected chi connectivity index (χ0v) is 19.3. The van der Waals surface area contributed by atoms with Crippen molar-refractivity contribution in [3.8, 4) is 0 Å². The summed E-state index contributed by atoms with van der Waals surface area (Å²) in [5.41, 5.74) is 1.17. The Kier molecular flexibility index (Phi) is 11.2. The molecule has 28 heavy (non-hydrogen) atoms. The number of carbonyl (C=O) groups excluding carboxylic acids is 1.